The molecule has 6 heteroatoms. The van der Waals surface area contributed by atoms with Gasteiger partial charge < -0.3 is 5.32 Å². The van der Waals surface area contributed by atoms with E-state index in [9.17, 15) is 8.42 Å². The minimum Gasteiger partial charge on any atom is -0.310 e. The van der Waals surface area contributed by atoms with Crippen molar-refractivity contribution < 1.29 is 8.42 Å². The Morgan fingerprint density at radius 3 is 2.44 bits per heavy atom. The molecule has 0 unspecified atom stereocenters. The molecular formula is C12H19BrN2O2S. The van der Waals surface area contributed by atoms with Crippen LogP contribution in [0.3, 0.4) is 0 Å². The van der Waals surface area contributed by atoms with Crippen molar-refractivity contribution in [3.63, 3.8) is 0 Å². The third-order valence-corrected chi connectivity index (χ3v) is 5.31. The van der Waals surface area contributed by atoms with Crippen molar-refractivity contribution in [1.82, 2.24) is 10.0 Å². The van der Waals surface area contributed by atoms with Crippen molar-refractivity contribution in [3.05, 3.63) is 27.7 Å². The molecule has 0 aliphatic carbocycles. The molecule has 18 heavy (non-hydrogen) atoms. The first-order valence-corrected chi connectivity index (χ1v) is 8.01. The van der Waals surface area contributed by atoms with Crippen LogP contribution in [0.1, 0.15) is 25.0 Å². The molecule has 0 aromatic heterocycles. The van der Waals surface area contributed by atoms with Crippen molar-refractivity contribution in [2.75, 3.05) is 7.05 Å². The molecule has 1 aromatic rings. The molecule has 1 rings (SSSR count). The lowest BCUT2D eigenvalue weighted by molar-refractivity contribution is 0.582. The molecule has 0 fully saturated rings. The largest absolute Gasteiger partial charge is 0.310 e. The van der Waals surface area contributed by atoms with Crippen LogP contribution in [0.15, 0.2) is 21.5 Å². The van der Waals surface area contributed by atoms with E-state index >= 15 is 0 Å². The lowest BCUT2D eigenvalue weighted by atomic mass is 10.1. The third-order valence-electron chi connectivity index (χ3n) is 2.55. The zero-order valence-corrected chi connectivity index (χ0v) is 13.4. The summed E-state index contributed by atoms with van der Waals surface area (Å²) in [4.78, 5) is 0.283. The van der Waals surface area contributed by atoms with E-state index in [1.807, 2.05) is 13.0 Å². The summed E-state index contributed by atoms with van der Waals surface area (Å²) in [5, 5.41) is 3.27. The summed E-state index contributed by atoms with van der Waals surface area (Å²) in [7, 11) is -2.02. The summed E-state index contributed by atoms with van der Waals surface area (Å²) < 4.78 is 26.8. The van der Waals surface area contributed by atoms with Crippen LogP contribution in [0.4, 0.5) is 0 Å². The van der Waals surface area contributed by atoms with Crippen LogP contribution in [-0.2, 0) is 16.6 Å². The van der Waals surface area contributed by atoms with Crippen molar-refractivity contribution >= 4 is 26.0 Å². The van der Waals surface area contributed by atoms with Gasteiger partial charge in [0.15, 0.2) is 0 Å². The second-order valence-corrected chi connectivity index (χ2v) is 7.12. The minimum absolute atomic E-state index is 0.283. The maximum atomic E-state index is 11.9. The van der Waals surface area contributed by atoms with E-state index in [0.29, 0.717) is 17.1 Å². The Morgan fingerprint density at radius 1 is 1.33 bits per heavy atom. The van der Waals surface area contributed by atoms with Crippen molar-refractivity contribution in [2.24, 2.45) is 0 Å². The molecular weight excluding hydrogens is 316 g/mol. The Labute approximate surface area is 117 Å². The highest BCUT2D eigenvalue weighted by molar-refractivity contribution is 9.10. The SMILES string of the molecule is CNS(=O)(=O)c1cc(CNC(C)C)cc(C)c1Br. The Bertz CT molecular complexity index is 527. The molecule has 0 spiro atoms. The first kappa shape index (κ1) is 15.6. The van der Waals surface area contributed by atoms with Crippen LogP contribution in [0.25, 0.3) is 0 Å². The van der Waals surface area contributed by atoms with Gasteiger partial charge in [0.05, 0.1) is 4.90 Å². The zero-order chi connectivity index (χ0) is 13.9. The fraction of sp³-hybridized carbons (Fsp3) is 0.500. The van der Waals surface area contributed by atoms with Gasteiger partial charge in [-0.15, -0.1) is 0 Å². The summed E-state index contributed by atoms with van der Waals surface area (Å²) in [6, 6.07) is 4.03. The van der Waals surface area contributed by atoms with Gasteiger partial charge in [-0.05, 0) is 47.1 Å². The van der Waals surface area contributed by atoms with Crippen molar-refractivity contribution in [2.45, 2.75) is 38.3 Å². The van der Waals surface area contributed by atoms with Gasteiger partial charge in [-0.3, -0.25) is 0 Å². The van der Waals surface area contributed by atoms with E-state index in [2.05, 4.69) is 39.8 Å². The van der Waals surface area contributed by atoms with Crippen LogP contribution in [0, 0.1) is 6.92 Å². The lowest BCUT2D eigenvalue weighted by Gasteiger charge is -2.13. The second-order valence-electron chi connectivity index (χ2n) is 4.47. The number of halogens is 1. The van der Waals surface area contributed by atoms with Gasteiger partial charge in [0.2, 0.25) is 10.0 Å². The second kappa shape index (κ2) is 6.14. The van der Waals surface area contributed by atoms with Crippen LogP contribution >= 0.6 is 15.9 Å². The van der Waals surface area contributed by atoms with E-state index < -0.39 is 10.0 Å². The molecule has 0 amide bonds. The number of benzene rings is 1. The molecule has 0 saturated carbocycles. The number of hydrogen-bond acceptors (Lipinski definition) is 3. The van der Waals surface area contributed by atoms with E-state index in [4.69, 9.17) is 0 Å². The van der Waals surface area contributed by atoms with Gasteiger partial charge in [0.25, 0.3) is 0 Å². The molecule has 102 valence electrons. The fourth-order valence-corrected chi connectivity index (χ4v) is 3.33. The first-order valence-electron chi connectivity index (χ1n) is 5.74. The summed E-state index contributed by atoms with van der Waals surface area (Å²) in [6.45, 7) is 6.64. The average Bonchev–Trinajstić information content (AvgIpc) is 2.30. The molecule has 1 aromatic carbocycles. The number of nitrogens with one attached hydrogen (secondary N) is 2. The predicted octanol–water partition coefficient (Wildman–Crippen LogP) is 2.16. The van der Waals surface area contributed by atoms with E-state index in [1.165, 1.54) is 7.05 Å². The summed E-state index contributed by atoms with van der Waals surface area (Å²) in [5.74, 6) is 0. The maximum absolute atomic E-state index is 11.9. The Morgan fingerprint density at radius 2 is 1.94 bits per heavy atom. The molecule has 2 N–H and O–H groups in total. The van der Waals surface area contributed by atoms with Crippen molar-refractivity contribution in [3.8, 4) is 0 Å². The minimum atomic E-state index is -3.44. The molecule has 0 atom stereocenters. The van der Waals surface area contributed by atoms with Crippen LogP contribution in [0.5, 0.6) is 0 Å². The van der Waals surface area contributed by atoms with Gasteiger partial charge >= 0.3 is 0 Å². The molecule has 0 saturated heterocycles. The quantitative estimate of drug-likeness (QED) is 0.867. The molecule has 4 nitrogen and oxygen atoms in total. The Hall–Kier alpha value is -0.430. The summed E-state index contributed by atoms with van der Waals surface area (Å²) >= 11 is 3.33. The van der Waals surface area contributed by atoms with Crippen LogP contribution < -0.4 is 10.0 Å². The van der Waals surface area contributed by atoms with E-state index in [1.54, 1.807) is 6.07 Å². The monoisotopic (exact) mass is 334 g/mol. The van der Waals surface area contributed by atoms with Crippen molar-refractivity contribution in [1.29, 1.82) is 0 Å². The number of rotatable bonds is 5. The Balaban J connectivity index is 3.19. The number of sulfonamides is 1. The lowest BCUT2D eigenvalue weighted by Crippen LogP contribution is -2.23. The highest BCUT2D eigenvalue weighted by atomic mass is 79.9. The Kier molecular flexibility index (Phi) is 5.33. The molecule has 0 aliphatic heterocycles. The van der Waals surface area contributed by atoms with E-state index in [-0.39, 0.29) is 4.90 Å². The van der Waals surface area contributed by atoms with E-state index in [0.717, 1.165) is 11.1 Å². The smallest absolute Gasteiger partial charge is 0.241 e. The normalized spacial score (nSPS) is 12.1. The van der Waals surface area contributed by atoms with Gasteiger partial charge in [0, 0.05) is 17.1 Å². The predicted molar refractivity (Wildman–Crippen MR) is 77.1 cm³/mol. The average molecular weight is 335 g/mol. The third kappa shape index (κ3) is 3.78. The van der Waals surface area contributed by atoms with Gasteiger partial charge in [0.1, 0.15) is 0 Å². The fourth-order valence-electron chi connectivity index (χ4n) is 1.54. The van der Waals surface area contributed by atoms with Crippen LogP contribution in [0.2, 0.25) is 0 Å². The van der Waals surface area contributed by atoms with Gasteiger partial charge in [-0.2, -0.15) is 0 Å². The standard InChI is InChI=1S/C12H19BrN2O2S/c1-8(2)15-7-10-5-9(3)12(13)11(6-10)18(16,17)14-4/h5-6,8,14-15H,7H2,1-4H3. The topological polar surface area (TPSA) is 58.2 Å². The number of hydrogen-bond donors (Lipinski definition) is 2. The summed E-state index contributed by atoms with van der Waals surface area (Å²) in [6.07, 6.45) is 0. The summed E-state index contributed by atoms with van der Waals surface area (Å²) in [5.41, 5.74) is 1.87. The zero-order valence-electron chi connectivity index (χ0n) is 11.0. The molecule has 0 heterocycles. The highest BCUT2D eigenvalue weighted by Gasteiger charge is 2.18. The molecule has 0 aliphatic rings. The number of aryl methyl sites for hydroxylation is 1. The van der Waals surface area contributed by atoms with Gasteiger partial charge in [-0.1, -0.05) is 19.9 Å². The molecule has 0 radical (unpaired) electrons. The highest BCUT2D eigenvalue weighted by Crippen LogP contribution is 2.27. The van der Waals surface area contributed by atoms with Crippen LogP contribution in [-0.4, -0.2) is 21.5 Å². The van der Waals surface area contributed by atoms with Gasteiger partial charge in [-0.25, -0.2) is 13.1 Å². The molecule has 0 bridgehead atoms. The first-order chi connectivity index (χ1) is 8.27. The maximum Gasteiger partial charge on any atom is 0.241 e.